The third kappa shape index (κ3) is 6.48. The minimum atomic E-state index is -0.619. The quantitative estimate of drug-likeness (QED) is 0.752. The molecule has 0 aromatic rings. The Balaban J connectivity index is 4.20. The monoisotopic (exact) mass is 267 g/mol. The standard InChI is InChI=1S/C11H22ClNO2S/c1-8(2)9(6-16-5)13-10(14)15-11(3,4)7-12/h8-9H,6-7H2,1-5H3,(H,13,14). The zero-order valence-corrected chi connectivity index (χ0v) is 12.2. The van der Waals surface area contributed by atoms with Crippen LogP contribution in [0.5, 0.6) is 0 Å². The number of alkyl halides is 1. The highest BCUT2D eigenvalue weighted by molar-refractivity contribution is 7.98. The van der Waals surface area contributed by atoms with Gasteiger partial charge in [-0.05, 0) is 26.0 Å². The Morgan fingerprint density at radius 1 is 1.50 bits per heavy atom. The van der Waals surface area contributed by atoms with Crippen molar-refractivity contribution >= 4 is 29.5 Å². The molecule has 0 rings (SSSR count). The molecule has 0 aliphatic rings. The summed E-state index contributed by atoms with van der Waals surface area (Å²) in [6.07, 6.45) is 1.63. The van der Waals surface area contributed by atoms with E-state index in [0.717, 1.165) is 5.75 Å². The zero-order valence-electron chi connectivity index (χ0n) is 10.7. The lowest BCUT2D eigenvalue weighted by atomic mass is 10.1. The van der Waals surface area contributed by atoms with Gasteiger partial charge in [-0.2, -0.15) is 11.8 Å². The van der Waals surface area contributed by atoms with Crippen molar-refractivity contribution in [1.82, 2.24) is 5.32 Å². The molecule has 0 aromatic carbocycles. The van der Waals surface area contributed by atoms with Crippen molar-refractivity contribution in [3.8, 4) is 0 Å². The second kappa shape index (κ2) is 7.28. The summed E-state index contributed by atoms with van der Waals surface area (Å²) in [5, 5.41) is 2.87. The largest absolute Gasteiger partial charge is 0.442 e. The first-order valence-electron chi connectivity index (χ1n) is 5.37. The Bertz CT molecular complexity index is 222. The number of ether oxygens (including phenoxy) is 1. The van der Waals surface area contributed by atoms with E-state index in [1.165, 1.54) is 0 Å². The summed E-state index contributed by atoms with van der Waals surface area (Å²) in [6, 6.07) is 0.133. The summed E-state index contributed by atoms with van der Waals surface area (Å²) in [7, 11) is 0. The third-order valence-corrected chi connectivity index (χ3v) is 3.48. The summed E-state index contributed by atoms with van der Waals surface area (Å²) in [5.74, 6) is 1.56. The van der Waals surface area contributed by atoms with E-state index in [1.807, 2.05) is 6.26 Å². The molecule has 16 heavy (non-hydrogen) atoms. The summed E-state index contributed by atoms with van der Waals surface area (Å²) in [4.78, 5) is 11.6. The van der Waals surface area contributed by atoms with E-state index >= 15 is 0 Å². The van der Waals surface area contributed by atoms with Crippen LogP contribution in [0.3, 0.4) is 0 Å². The van der Waals surface area contributed by atoms with Crippen molar-refractivity contribution in [2.75, 3.05) is 17.9 Å². The van der Waals surface area contributed by atoms with Crippen LogP contribution in [0, 0.1) is 5.92 Å². The van der Waals surface area contributed by atoms with Crippen LogP contribution in [0.15, 0.2) is 0 Å². The van der Waals surface area contributed by atoms with Gasteiger partial charge in [0.15, 0.2) is 0 Å². The molecule has 0 radical (unpaired) electrons. The lowest BCUT2D eigenvalue weighted by molar-refractivity contribution is 0.0521. The maximum atomic E-state index is 11.6. The smallest absolute Gasteiger partial charge is 0.407 e. The molecule has 1 amide bonds. The lowest BCUT2D eigenvalue weighted by Crippen LogP contribution is -2.44. The minimum absolute atomic E-state index is 0.133. The zero-order chi connectivity index (χ0) is 12.8. The number of rotatable bonds is 6. The average molecular weight is 268 g/mol. The summed E-state index contributed by atoms with van der Waals surface area (Å²) in [5.41, 5.74) is -0.619. The molecule has 1 atom stereocenters. The molecular weight excluding hydrogens is 246 g/mol. The van der Waals surface area contributed by atoms with Gasteiger partial charge in [-0.1, -0.05) is 13.8 Å². The number of nitrogens with one attached hydrogen (secondary N) is 1. The normalized spacial score (nSPS) is 13.7. The Hall–Kier alpha value is -0.0900. The second-order valence-corrected chi connectivity index (χ2v) is 5.91. The van der Waals surface area contributed by atoms with Crippen LogP contribution in [0.2, 0.25) is 0 Å². The Labute approximate surface area is 108 Å². The van der Waals surface area contributed by atoms with Gasteiger partial charge in [-0.25, -0.2) is 4.79 Å². The number of halogens is 1. The van der Waals surface area contributed by atoms with Crippen LogP contribution < -0.4 is 5.32 Å². The fraction of sp³-hybridized carbons (Fsp3) is 0.909. The highest BCUT2D eigenvalue weighted by Crippen LogP contribution is 2.13. The highest BCUT2D eigenvalue weighted by atomic mass is 35.5. The highest BCUT2D eigenvalue weighted by Gasteiger charge is 2.24. The van der Waals surface area contributed by atoms with Gasteiger partial charge in [0.05, 0.1) is 5.88 Å². The van der Waals surface area contributed by atoms with Crippen molar-refractivity contribution in [2.24, 2.45) is 5.92 Å². The van der Waals surface area contributed by atoms with E-state index in [2.05, 4.69) is 19.2 Å². The van der Waals surface area contributed by atoms with Crippen molar-refractivity contribution < 1.29 is 9.53 Å². The molecule has 0 saturated heterocycles. The van der Waals surface area contributed by atoms with Crippen molar-refractivity contribution in [2.45, 2.75) is 39.3 Å². The first kappa shape index (κ1) is 15.9. The van der Waals surface area contributed by atoms with Gasteiger partial charge in [0.2, 0.25) is 0 Å². The predicted molar refractivity (Wildman–Crippen MR) is 71.4 cm³/mol. The van der Waals surface area contributed by atoms with E-state index in [4.69, 9.17) is 16.3 Å². The molecule has 0 aromatic heterocycles. The number of hydrogen-bond donors (Lipinski definition) is 1. The molecule has 0 aliphatic heterocycles. The Morgan fingerprint density at radius 2 is 2.06 bits per heavy atom. The molecule has 0 aliphatic carbocycles. The molecule has 0 saturated carbocycles. The van der Waals surface area contributed by atoms with Gasteiger partial charge < -0.3 is 10.1 Å². The fourth-order valence-corrected chi connectivity index (χ4v) is 1.92. The Morgan fingerprint density at radius 3 is 2.44 bits per heavy atom. The van der Waals surface area contributed by atoms with Crippen molar-refractivity contribution in [1.29, 1.82) is 0 Å². The number of carbonyl (C=O) groups excluding carboxylic acids is 1. The minimum Gasteiger partial charge on any atom is -0.442 e. The van der Waals surface area contributed by atoms with Gasteiger partial charge >= 0.3 is 6.09 Å². The van der Waals surface area contributed by atoms with E-state index in [-0.39, 0.29) is 11.9 Å². The first-order chi connectivity index (χ1) is 7.32. The van der Waals surface area contributed by atoms with Gasteiger partial charge in [0, 0.05) is 11.8 Å². The maximum absolute atomic E-state index is 11.6. The molecule has 0 heterocycles. The van der Waals surface area contributed by atoms with E-state index in [1.54, 1.807) is 25.6 Å². The predicted octanol–water partition coefficient (Wildman–Crippen LogP) is 3.12. The van der Waals surface area contributed by atoms with Crippen LogP contribution in [0.25, 0.3) is 0 Å². The lowest BCUT2D eigenvalue weighted by Gasteiger charge is -2.26. The number of thioether (sulfide) groups is 1. The topological polar surface area (TPSA) is 38.3 Å². The fourth-order valence-electron chi connectivity index (χ4n) is 1.04. The van der Waals surface area contributed by atoms with Crippen molar-refractivity contribution in [3.63, 3.8) is 0 Å². The Kier molecular flexibility index (Phi) is 7.24. The van der Waals surface area contributed by atoms with Gasteiger partial charge in [0.1, 0.15) is 5.60 Å². The SMILES string of the molecule is CSCC(NC(=O)OC(C)(C)CCl)C(C)C. The van der Waals surface area contributed by atoms with Gasteiger partial charge in [0.25, 0.3) is 0 Å². The van der Waals surface area contributed by atoms with Crippen LogP contribution in [-0.4, -0.2) is 35.6 Å². The first-order valence-corrected chi connectivity index (χ1v) is 7.29. The summed E-state index contributed by atoms with van der Waals surface area (Å²) in [6.45, 7) is 7.73. The van der Waals surface area contributed by atoms with Crippen molar-refractivity contribution in [3.05, 3.63) is 0 Å². The molecular formula is C11H22ClNO2S. The summed E-state index contributed by atoms with van der Waals surface area (Å²) >= 11 is 7.40. The van der Waals surface area contributed by atoms with Gasteiger partial charge in [-0.15, -0.1) is 11.6 Å². The summed E-state index contributed by atoms with van der Waals surface area (Å²) < 4.78 is 5.22. The van der Waals surface area contributed by atoms with Crippen LogP contribution in [0.4, 0.5) is 4.79 Å². The van der Waals surface area contributed by atoms with E-state index in [0.29, 0.717) is 5.92 Å². The molecule has 3 nitrogen and oxygen atoms in total. The molecule has 5 heteroatoms. The molecule has 0 fully saturated rings. The molecule has 96 valence electrons. The van der Waals surface area contributed by atoms with E-state index in [9.17, 15) is 4.79 Å². The van der Waals surface area contributed by atoms with Crippen LogP contribution in [-0.2, 0) is 4.74 Å². The molecule has 1 N–H and O–H groups in total. The maximum Gasteiger partial charge on any atom is 0.407 e. The number of carbonyl (C=O) groups is 1. The van der Waals surface area contributed by atoms with Crippen LogP contribution in [0.1, 0.15) is 27.7 Å². The van der Waals surface area contributed by atoms with Gasteiger partial charge in [-0.3, -0.25) is 0 Å². The number of amides is 1. The van der Waals surface area contributed by atoms with E-state index < -0.39 is 11.7 Å². The molecule has 0 spiro atoms. The molecule has 1 unspecified atom stereocenters. The average Bonchev–Trinajstić information content (AvgIpc) is 2.16. The second-order valence-electron chi connectivity index (χ2n) is 4.73. The number of alkyl carbamates (subject to hydrolysis) is 1. The molecule has 0 bridgehead atoms. The third-order valence-electron chi connectivity index (χ3n) is 2.15. The van der Waals surface area contributed by atoms with Crippen LogP contribution >= 0.6 is 23.4 Å². The number of hydrogen-bond acceptors (Lipinski definition) is 3.